The Hall–Kier alpha value is -1.31. The first kappa shape index (κ1) is 6.81. The third kappa shape index (κ3) is 1.16. The molecule has 10 heavy (non-hydrogen) atoms. The lowest BCUT2D eigenvalue weighted by atomic mass is 10.1. The summed E-state index contributed by atoms with van der Waals surface area (Å²) in [7, 11) is 1.60. The van der Waals surface area contributed by atoms with Crippen LogP contribution in [0.25, 0.3) is 0 Å². The van der Waals surface area contributed by atoms with Gasteiger partial charge in [-0.3, -0.25) is 0 Å². The first-order valence-electron chi connectivity index (χ1n) is 2.95. The molecular formula is C8H9NO. The summed E-state index contributed by atoms with van der Waals surface area (Å²) in [5, 5.41) is 7.27. The molecule has 1 N–H and O–H groups in total. The van der Waals surface area contributed by atoms with E-state index in [1.54, 1.807) is 25.3 Å². The van der Waals surface area contributed by atoms with Crippen molar-refractivity contribution in [2.45, 2.75) is 0 Å². The Morgan fingerprint density at radius 3 is 2.70 bits per heavy atom. The Bertz CT molecular complexity index is 236. The second-order valence-electron chi connectivity index (χ2n) is 2.02. The molecule has 0 aromatic rings. The summed E-state index contributed by atoms with van der Waals surface area (Å²) in [5.74, 6) is 0.751. The van der Waals surface area contributed by atoms with Crippen molar-refractivity contribution in [2.75, 3.05) is 7.11 Å². The second-order valence-corrected chi connectivity index (χ2v) is 2.02. The Labute approximate surface area is 60.0 Å². The molecular weight excluding hydrogens is 126 g/mol. The standard InChI is InChI=1S/C8H9NO/c1-6-5-7(10-2)3-4-8(6)9/h3-5,9H,1H2,2H3. The van der Waals surface area contributed by atoms with Crippen molar-refractivity contribution in [3.05, 3.63) is 36.1 Å². The largest absolute Gasteiger partial charge is 0.497 e. The van der Waals surface area contributed by atoms with Gasteiger partial charge in [-0.2, -0.15) is 0 Å². The van der Waals surface area contributed by atoms with Crippen LogP contribution in [0.1, 0.15) is 0 Å². The van der Waals surface area contributed by atoms with E-state index in [1.807, 2.05) is 0 Å². The molecule has 0 radical (unpaired) electrons. The van der Waals surface area contributed by atoms with Crippen molar-refractivity contribution >= 4 is 5.71 Å². The van der Waals surface area contributed by atoms with Gasteiger partial charge in [-0.15, -0.1) is 0 Å². The van der Waals surface area contributed by atoms with Gasteiger partial charge in [0.15, 0.2) is 0 Å². The summed E-state index contributed by atoms with van der Waals surface area (Å²) in [5.41, 5.74) is 1.14. The highest BCUT2D eigenvalue weighted by molar-refractivity contribution is 6.09. The monoisotopic (exact) mass is 135 g/mol. The van der Waals surface area contributed by atoms with E-state index < -0.39 is 0 Å². The van der Waals surface area contributed by atoms with Crippen LogP contribution in [0, 0.1) is 5.41 Å². The number of allylic oxidation sites excluding steroid dienone is 4. The molecule has 0 saturated heterocycles. The van der Waals surface area contributed by atoms with E-state index in [9.17, 15) is 0 Å². The van der Waals surface area contributed by atoms with E-state index >= 15 is 0 Å². The highest BCUT2D eigenvalue weighted by Crippen LogP contribution is 2.10. The Morgan fingerprint density at radius 1 is 1.50 bits per heavy atom. The molecule has 0 fully saturated rings. The van der Waals surface area contributed by atoms with Crippen LogP contribution in [0.15, 0.2) is 36.1 Å². The van der Waals surface area contributed by atoms with Crippen LogP contribution in [-0.4, -0.2) is 12.8 Å². The highest BCUT2D eigenvalue weighted by Gasteiger charge is 2.03. The van der Waals surface area contributed by atoms with Gasteiger partial charge >= 0.3 is 0 Å². The lowest BCUT2D eigenvalue weighted by molar-refractivity contribution is 0.306. The molecule has 1 rings (SSSR count). The van der Waals surface area contributed by atoms with Crippen LogP contribution in [0.2, 0.25) is 0 Å². The molecule has 0 aliphatic heterocycles. The van der Waals surface area contributed by atoms with Gasteiger partial charge in [-0.1, -0.05) is 6.58 Å². The minimum absolute atomic E-state index is 0.445. The van der Waals surface area contributed by atoms with Gasteiger partial charge < -0.3 is 10.1 Å². The Balaban J connectivity index is 2.86. The molecule has 0 heterocycles. The fourth-order valence-corrected chi connectivity index (χ4v) is 0.697. The number of hydrogen-bond donors (Lipinski definition) is 1. The molecule has 1 aliphatic carbocycles. The predicted octanol–water partition coefficient (Wildman–Crippen LogP) is 1.66. The number of ether oxygens (including phenoxy) is 1. The zero-order valence-corrected chi connectivity index (χ0v) is 5.85. The molecule has 0 amide bonds. The molecule has 52 valence electrons. The average molecular weight is 135 g/mol. The van der Waals surface area contributed by atoms with Crippen LogP contribution in [0.4, 0.5) is 0 Å². The SMILES string of the molecule is C=C1C=C(OC)C=CC1=N. The van der Waals surface area contributed by atoms with Gasteiger partial charge in [0, 0.05) is 0 Å². The van der Waals surface area contributed by atoms with Gasteiger partial charge in [0.25, 0.3) is 0 Å². The van der Waals surface area contributed by atoms with Gasteiger partial charge in [0.1, 0.15) is 5.76 Å². The fourth-order valence-electron chi connectivity index (χ4n) is 0.697. The van der Waals surface area contributed by atoms with Gasteiger partial charge in [-0.25, -0.2) is 0 Å². The molecule has 0 atom stereocenters. The lowest BCUT2D eigenvalue weighted by Crippen LogP contribution is -1.99. The maximum atomic E-state index is 7.27. The second kappa shape index (κ2) is 2.52. The van der Waals surface area contributed by atoms with Gasteiger partial charge in [-0.05, 0) is 23.8 Å². The molecule has 2 heteroatoms. The first-order valence-corrected chi connectivity index (χ1v) is 2.95. The summed E-state index contributed by atoms with van der Waals surface area (Å²) in [6, 6.07) is 0. The zero-order valence-electron chi connectivity index (χ0n) is 5.85. The molecule has 0 aromatic carbocycles. The Morgan fingerprint density at radius 2 is 2.20 bits per heavy atom. The first-order chi connectivity index (χ1) is 4.74. The topological polar surface area (TPSA) is 33.1 Å². The number of nitrogens with one attached hydrogen (secondary N) is 1. The smallest absolute Gasteiger partial charge is 0.119 e. The van der Waals surface area contributed by atoms with E-state index in [0.717, 1.165) is 5.76 Å². The molecule has 0 aromatic heterocycles. The molecule has 0 saturated carbocycles. The molecule has 0 unspecified atom stereocenters. The number of methoxy groups -OCH3 is 1. The van der Waals surface area contributed by atoms with Crippen molar-refractivity contribution in [2.24, 2.45) is 0 Å². The third-order valence-electron chi connectivity index (χ3n) is 1.31. The average Bonchev–Trinajstić information content (AvgIpc) is 1.95. The molecule has 1 aliphatic rings. The van der Waals surface area contributed by atoms with Crippen molar-refractivity contribution in [3.63, 3.8) is 0 Å². The maximum absolute atomic E-state index is 7.27. The zero-order chi connectivity index (χ0) is 7.56. The van der Waals surface area contributed by atoms with Crippen LogP contribution < -0.4 is 0 Å². The maximum Gasteiger partial charge on any atom is 0.119 e. The Kier molecular flexibility index (Phi) is 1.71. The highest BCUT2D eigenvalue weighted by atomic mass is 16.5. The van der Waals surface area contributed by atoms with Crippen LogP contribution in [0.3, 0.4) is 0 Å². The van der Waals surface area contributed by atoms with Crippen molar-refractivity contribution in [1.82, 2.24) is 0 Å². The summed E-state index contributed by atoms with van der Waals surface area (Å²) in [4.78, 5) is 0. The van der Waals surface area contributed by atoms with Crippen molar-refractivity contribution in [3.8, 4) is 0 Å². The number of rotatable bonds is 1. The van der Waals surface area contributed by atoms with Crippen LogP contribution in [0.5, 0.6) is 0 Å². The fraction of sp³-hybridized carbons (Fsp3) is 0.125. The minimum Gasteiger partial charge on any atom is -0.497 e. The van der Waals surface area contributed by atoms with Gasteiger partial charge in [0.2, 0.25) is 0 Å². The van der Waals surface area contributed by atoms with E-state index in [2.05, 4.69) is 6.58 Å². The molecule has 0 bridgehead atoms. The van der Waals surface area contributed by atoms with E-state index in [0.29, 0.717) is 11.3 Å². The van der Waals surface area contributed by atoms with Crippen molar-refractivity contribution in [1.29, 1.82) is 5.41 Å². The predicted molar refractivity (Wildman–Crippen MR) is 41.1 cm³/mol. The van der Waals surface area contributed by atoms with Crippen LogP contribution >= 0.6 is 0 Å². The summed E-state index contributed by atoms with van der Waals surface area (Å²) in [6.45, 7) is 3.66. The summed E-state index contributed by atoms with van der Waals surface area (Å²) in [6.07, 6.45) is 5.15. The molecule has 0 spiro atoms. The summed E-state index contributed by atoms with van der Waals surface area (Å²) >= 11 is 0. The van der Waals surface area contributed by atoms with Gasteiger partial charge in [0.05, 0.1) is 12.8 Å². The van der Waals surface area contributed by atoms with E-state index in [-0.39, 0.29) is 0 Å². The minimum atomic E-state index is 0.445. The molecule has 2 nitrogen and oxygen atoms in total. The number of hydrogen-bond acceptors (Lipinski definition) is 2. The lowest BCUT2D eigenvalue weighted by Gasteiger charge is -2.06. The quantitative estimate of drug-likeness (QED) is 0.582. The van der Waals surface area contributed by atoms with E-state index in [4.69, 9.17) is 10.1 Å². The normalized spacial score (nSPS) is 17.1. The summed E-state index contributed by atoms with van der Waals surface area (Å²) < 4.78 is 4.93. The van der Waals surface area contributed by atoms with Crippen LogP contribution in [-0.2, 0) is 4.74 Å². The third-order valence-corrected chi connectivity index (χ3v) is 1.31. The van der Waals surface area contributed by atoms with Crippen molar-refractivity contribution < 1.29 is 4.74 Å². The van der Waals surface area contributed by atoms with E-state index in [1.165, 1.54) is 0 Å².